The molecule has 0 bridgehead atoms. The van der Waals surface area contributed by atoms with Crippen molar-refractivity contribution in [2.45, 2.75) is 190 Å². The predicted octanol–water partition coefficient (Wildman–Crippen LogP) is 13.8. The van der Waals surface area contributed by atoms with Gasteiger partial charge in [0.1, 0.15) is 0 Å². The number of para-hydroxylation sites is 1. The van der Waals surface area contributed by atoms with Crippen molar-refractivity contribution in [1.29, 1.82) is 0 Å². The second kappa shape index (κ2) is 30.3. The van der Waals surface area contributed by atoms with Gasteiger partial charge in [0.25, 0.3) is 0 Å². The first-order chi connectivity index (χ1) is 25.8. The number of aryl methyl sites for hydroxylation is 5. The maximum Gasteiger partial charge on any atom is 2.00 e. The van der Waals surface area contributed by atoms with Gasteiger partial charge >= 0.3 is 16.5 Å². The van der Waals surface area contributed by atoms with Gasteiger partial charge in [-0.2, -0.15) is 0 Å². The second-order valence-electron chi connectivity index (χ2n) is 14.7. The summed E-state index contributed by atoms with van der Waals surface area (Å²) in [5.41, 5.74) is 10.8. The number of aliphatic imine (C=N–C) groups is 2. The molecule has 4 nitrogen and oxygen atoms in total. The third kappa shape index (κ3) is 19.6. The maximum absolute atomic E-state index is 10.9. The van der Waals surface area contributed by atoms with Gasteiger partial charge < -0.3 is 10.2 Å². The van der Waals surface area contributed by atoms with E-state index in [0.29, 0.717) is 12.0 Å². The van der Waals surface area contributed by atoms with Crippen molar-refractivity contribution < 1.29 is 26.7 Å². The topological polar surface area (TPSA) is 70.8 Å². The maximum atomic E-state index is 10.9. The van der Waals surface area contributed by atoms with E-state index in [9.17, 15) is 10.2 Å². The van der Waals surface area contributed by atoms with Crippen molar-refractivity contribution in [3.05, 3.63) is 82.4 Å². The molecule has 0 atom stereocenters. The Morgan fingerprint density at radius 3 is 1.17 bits per heavy atom. The average molecular weight is 782 g/mol. The zero-order chi connectivity index (χ0) is 38.7. The van der Waals surface area contributed by atoms with Gasteiger partial charge in [-0.25, -0.2) is 0 Å². The third-order valence-electron chi connectivity index (χ3n) is 10.3. The van der Waals surface area contributed by atoms with Crippen molar-refractivity contribution in [2.75, 3.05) is 0 Å². The SMILES string of the molecule is CCCCCCCCCCCCCCCC(=Nc1cc(CC)cc(CC)c1)C(CCCC)=Nc1cc(CC)cc(CC)c1.CCc1cccc([O-])c1[O-].[Ni+2]. The van der Waals surface area contributed by atoms with Gasteiger partial charge in [-0.05, 0) is 104 Å². The molecule has 0 aliphatic rings. The van der Waals surface area contributed by atoms with Crippen LogP contribution in [0.25, 0.3) is 0 Å². The Kier molecular flexibility index (Phi) is 27.6. The van der Waals surface area contributed by atoms with E-state index < -0.39 is 5.75 Å². The van der Waals surface area contributed by atoms with E-state index in [2.05, 4.69) is 77.9 Å². The molecule has 3 rings (SSSR count). The average Bonchev–Trinajstić information content (AvgIpc) is 3.18. The van der Waals surface area contributed by atoms with E-state index in [1.807, 2.05) is 6.92 Å². The molecule has 0 spiro atoms. The molecule has 0 radical (unpaired) electrons. The van der Waals surface area contributed by atoms with E-state index in [-0.39, 0.29) is 22.2 Å². The second-order valence-corrected chi connectivity index (χ2v) is 14.7. The number of hydrogen-bond donors (Lipinski definition) is 0. The Bertz CT molecular complexity index is 1450. The molecule has 302 valence electrons. The van der Waals surface area contributed by atoms with Crippen molar-refractivity contribution in [3.63, 3.8) is 0 Å². The molecule has 0 N–H and O–H groups in total. The third-order valence-corrected chi connectivity index (χ3v) is 10.3. The van der Waals surface area contributed by atoms with Gasteiger partial charge in [0.05, 0.1) is 22.8 Å². The number of hydrogen-bond acceptors (Lipinski definition) is 4. The van der Waals surface area contributed by atoms with Crippen LogP contribution in [0.1, 0.15) is 185 Å². The normalized spacial score (nSPS) is 11.6. The summed E-state index contributed by atoms with van der Waals surface area (Å²) in [6, 6.07) is 18.5. The summed E-state index contributed by atoms with van der Waals surface area (Å²) in [4.78, 5) is 10.8. The first-order valence-electron chi connectivity index (χ1n) is 21.7. The van der Waals surface area contributed by atoms with Gasteiger partial charge in [0.2, 0.25) is 0 Å². The summed E-state index contributed by atoms with van der Waals surface area (Å²) in [6.07, 6.45) is 27.1. The molecule has 0 aliphatic heterocycles. The van der Waals surface area contributed by atoms with Crippen LogP contribution in [0.2, 0.25) is 0 Å². The van der Waals surface area contributed by atoms with Crippen molar-refractivity contribution >= 4 is 22.8 Å². The first-order valence-corrected chi connectivity index (χ1v) is 21.7. The van der Waals surface area contributed by atoms with Crippen molar-refractivity contribution in [1.82, 2.24) is 0 Å². The first kappa shape index (κ1) is 49.1. The summed E-state index contributed by atoms with van der Waals surface area (Å²) < 4.78 is 0. The van der Waals surface area contributed by atoms with E-state index in [1.165, 1.54) is 130 Å². The summed E-state index contributed by atoms with van der Waals surface area (Å²) in [7, 11) is 0. The molecule has 5 heteroatoms. The standard InChI is InChI=1S/C41H66N2.C8H10O2.Ni/c1-7-13-15-16-17-18-19-20-21-22-23-24-25-27-41(43-39-32-36(11-5)29-37(12-6)33-39)40(26-14-8-2)42-38-30-34(9-3)28-35(10-4)31-38;1-2-6-4-3-5-7(9)8(6)10;/h28-33H,7-27H2,1-6H3;3-5,9-10H,2H2,1H3;/q;;+2/p-2. The zero-order valence-electron chi connectivity index (χ0n) is 35.3. The molecule has 3 aromatic rings. The Hall–Kier alpha value is -2.91. The van der Waals surface area contributed by atoms with E-state index in [0.717, 1.165) is 56.3 Å². The monoisotopic (exact) mass is 781 g/mol. The molecule has 0 aliphatic carbocycles. The largest absolute Gasteiger partial charge is 2.00 e. The molecule has 0 amide bonds. The van der Waals surface area contributed by atoms with Crippen molar-refractivity contribution in [3.8, 4) is 11.5 Å². The van der Waals surface area contributed by atoms with Crippen LogP contribution in [0.4, 0.5) is 11.4 Å². The van der Waals surface area contributed by atoms with Crippen LogP contribution in [0.3, 0.4) is 0 Å². The fourth-order valence-electron chi connectivity index (χ4n) is 6.77. The van der Waals surface area contributed by atoms with Gasteiger partial charge in [0, 0.05) is 0 Å². The molecule has 0 aromatic heterocycles. The minimum absolute atomic E-state index is 0. The van der Waals surface area contributed by atoms with Crippen LogP contribution < -0.4 is 10.2 Å². The van der Waals surface area contributed by atoms with Crippen LogP contribution in [-0.4, -0.2) is 11.4 Å². The van der Waals surface area contributed by atoms with Crippen LogP contribution in [0.5, 0.6) is 11.5 Å². The Morgan fingerprint density at radius 2 is 0.815 bits per heavy atom. The Labute approximate surface area is 341 Å². The summed E-state index contributed by atoms with van der Waals surface area (Å²) in [6.45, 7) is 15.4. The molecule has 0 heterocycles. The fourth-order valence-corrected chi connectivity index (χ4v) is 6.77. The quantitative estimate of drug-likeness (QED) is 0.0488. The molecule has 54 heavy (non-hydrogen) atoms. The minimum atomic E-state index is -0.403. The van der Waals surface area contributed by atoms with Crippen LogP contribution in [0.15, 0.2) is 64.6 Å². The van der Waals surface area contributed by atoms with Crippen LogP contribution in [-0.2, 0) is 48.6 Å². The molecular weight excluding hydrogens is 707 g/mol. The van der Waals surface area contributed by atoms with Crippen LogP contribution >= 0.6 is 0 Å². The van der Waals surface area contributed by atoms with E-state index >= 15 is 0 Å². The minimum Gasteiger partial charge on any atom is -0.873 e. The summed E-state index contributed by atoms with van der Waals surface area (Å²) in [5.74, 6) is -0.760. The van der Waals surface area contributed by atoms with Gasteiger partial charge in [-0.15, -0.1) is 11.5 Å². The Balaban J connectivity index is 0.00000114. The number of nitrogens with zero attached hydrogens (tertiary/aromatic N) is 2. The molecule has 0 saturated heterocycles. The predicted molar refractivity (Wildman–Crippen MR) is 229 cm³/mol. The zero-order valence-corrected chi connectivity index (χ0v) is 36.3. The van der Waals surface area contributed by atoms with E-state index in [4.69, 9.17) is 9.98 Å². The molecule has 0 saturated carbocycles. The van der Waals surface area contributed by atoms with Gasteiger partial charge in [-0.1, -0.05) is 168 Å². The molecule has 0 unspecified atom stereocenters. The van der Waals surface area contributed by atoms with Gasteiger partial charge in [0.15, 0.2) is 0 Å². The molecular formula is C49H74N2NiO2. The van der Waals surface area contributed by atoms with Gasteiger partial charge in [-0.3, -0.25) is 9.98 Å². The number of unbranched alkanes of at least 4 members (excludes halogenated alkanes) is 13. The number of rotatable bonds is 25. The smallest absolute Gasteiger partial charge is 0.873 e. The molecule has 0 fully saturated rings. The van der Waals surface area contributed by atoms with E-state index in [1.54, 1.807) is 12.1 Å². The Morgan fingerprint density at radius 1 is 0.444 bits per heavy atom. The number of benzene rings is 3. The summed E-state index contributed by atoms with van der Waals surface area (Å²) in [5, 5.41) is 21.6. The summed E-state index contributed by atoms with van der Waals surface area (Å²) >= 11 is 0. The fraction of sp³-hybridized carbons (Fsp3) is 0.592. The van der Waals surface area contributed by atoms with Crippen molar-refractivity contribution in [2.24, 2.45) is 9.98 Å². The molecule has 3 aromatic carbocycles. The van der Waals surface area contributed by atoms with Crippen LogP contribution in [0, 0.1) is 0 Å².